The molecule has 110 valence electrons. The fourth-order valence-corrected chi connectivity index (χ4v) is 2.93. The molecule has 2 aromatic rings. The van der Waals surface area contributed by atoms with E-state index in [1.807, 2.05) is 0 Å². The van der Waals surface area contributed by atoms with Gasteiger partial charge in [-0.2, -0.15) is 0 Å². The Bertz CT molecular complexity index is 808. The Kier molecular flexibility index (Phi) is 3.09. The summed E-state index contributed by atoms with van der Waals surface area (Å²) in [5, 5.41) is 0. The number of anilines is 2. The molecule has 0 unspecified atom stereocenters. The topological polar surface area (TPSA) is 90.7 Å². The minimum atomic E-state index is -3.83. The molecule has 0 saturated heterocycles. The average molecular weight is 310 g/mol. The summed E-state index contributed by atoms with van der Waals surface area (Å²) in [6.45, 7) is 0.0563. The molecule has 0 aromatic heterocycles. The average Bonchev–Trinajstić information content (AvgIpc) is 2.90. The molecule has 0 spiro atoms. The van der Waals surface area contributed by atoms with Gasteiger partial charge >= 0.3 is 0 Å². The molecule has 0 saturated carbocycles. The molecule has 1 heterocycles. The fraction of sp³-hybridized carbons (Fsp3) is 0.0769. The van der Waals surface area contributed by atoms with Gasteiger partial charge < -0.3 is 15.2 Å². The van der Waals surface area contributed by atoms with Crippen LogP contribution in [-0.4, -0.2) is 15.2 Å². The molecule has 3 N–H and O–H groups in total. The van der Waals surface area contributed by atoms with E-state index in [0.29, 0.717) is 11.5 Å². The summed E-state index contributed by atoms with van der Waals surface area (Å²) in [4.78, 5) is 0.00893. The second-order valence-corrected chi connectivity index (χ2v) is 6.04. The summed E-state index contributed by atoms with van der Waals surface area (Å²) in [5.41, 5.74) is 5.44. The number of rotatable bonds is 3. The number of fused-ring (bicyclic) bond motifs is 1. The van der Waals surface area contributed by atoms with Gasteiger partial charge in [-0.3, -0.25) is 4.72 Å². The van der Waals surface area contributed by atoms with E-state index in [-0.39, 0.29) is 23.1 Å². The molecule has 2 aromatic carbocycles. The zero-order chi connectivity index (χ0) is 15.0. The van der Waals surface area contributed by atoms with Gasteiger partial charge in [0.05, 0.1) is 16.3 Å². The van der Waals surface area contributed by atoms with Crippen LogP contribution in [0.2, 0.25) is 0 Å². The standard InChI is InChI=1S/C13H11FN2O4S/c14-10-3-1-8(5-11(10)15)16-21(17,18)9-2-4-12-13(6-9)20-7-19-12/h1-6,16H,7,15H2. The van der Waals surface area contributed by atoms with Gasteiger partial charge in [0.25, 0.3) is 10.0 Å². The van der Waals surface area contributed by atoms with Crippen LogP contribution in [0, 0.1) is 5.82 Å². The first-order valence-electron chi connectivity index (χ1n) is 5.93. The molecule has 0 atom stereocenters. The molecule has 0 bridgehead atoms. The highest BCUT2D eigenvalue weighted by atomic mass is 32.2. The number of hydrogen-bond acceptors (Lipinski definition) is 5. The van der Waals surface area contributed by atoms with Crippen molar-refractivity contribution in [2.75, 3.05) is 17.2 Å². The largest absolute Gasteiger partial charge is 0.454 e. The van der Waals surface area contributed by atoms with Crippen LogP contribution in [0.5, 0.6) is 11.5 Å². The number of nitrogens with two attached hydrogens (primary N) is 1. The first kappa shape index (κ1) is 13.5. The lowest BCUT2D eigenvalue weighted by atomic mass is 10.3. The number of nitrogen functional groups attached to an aromatic ring is 1. The lowest BCUT2D eigenvalue weighted by Gasteiger charge is -2.09. The molecule has 0 fully saturated rings. The van der Waals surface area contributed by atoms with Crippen molar-refractivity contribution >= 4 is 21.4 Å². The van der Waals surface area contributed by atoms with Crippen molar-refractivity contribution < 1.29 is 22.3 Å². The first-order chi connectivity index (χ1) is 9.95. The summed E-state index contributed by atoms with van der Waals surface area (Å²) in [6, 6.07) is 7.85. The smallest absolute Gasteiger partial charge is 0.262 e. The van der Waals surface area contributed by atoms with Crippen molar-refractivity contribution in [2.45, 2.75) is 4.90 Å². The minimum Gasteiger partial charge on any atom is -0.454 e. The summed E-state index contributed by atoms with van der Waals surface area (Å²) in [7, 11) is -3.83. The minimum absolute atomic E-state index is 0.00893. The zero-order valence-electron chi connectivity index (χ0n) is 10.7. The lowest BCUT2D eigenvalue weighted by molar-refractivity contribution is 0.174. The molecule has 3 rings (SSSR count). The van der Waals surface area contributed by atoms with E-state index in [2.05, 4.69) is 4.72 Å². The van der Waals surface area contributed by atoms with Crippen molar-refractivity contribution in [1.29, 1.82) is 0 Å². The lowest BCUT2D eigenvalue weighted by Crippen LogP contribution is -2.13. The van der Waals surface area contributed by atoms with E-state index in [0.717, 1.165) is 6.07 Å². The van der Waals surface area contributed by atoms with Crippen LogP contribution in [0.25, 0.3) is 0 Å². The number of sulfonamides is 1. The Hall–Kier alpha value is -2.48. The summed E-state index contributed by atoms with van der Waals surface area (Å²) in [5.74, 6) is 0.234. The Balaban J connectivity index is 1.91. The molecule has 0 amide bonds. The summed E-state index contributed by atoms with van der Waals surface area (Å²) >= 11 is 0. The number of halogens is 1. The Morgan fingerprint density at radius 3 is 2.62 bits per heavy atom. The highest BCUT2D eigenvalue weighted by molar-refractivity contribution is 7.92. The predicted molar refractivity (Wildman–Crippen MR) is 74.2 cm³/mol. The van der Waals surface area contributed by atoms with Gasteiger partial charge in [-0.25, -0.2) is 12.8 Å². The third-order valence-corrected chi connectivity index (χ3v) is 4.28. The normalized spacial score (nSPS) is 13.2. The third-order valence-electron chi connectivity index (χ3n) is 2.90. The molecule has 8 heteroatoms. The number of nitrogens with one attached hydrogen (secondary N) is 1. The molecule has 6 nitrogen and oxygen atoms in total. The predicted octanol–water partition coefficient (Wildman–Crippen LogP) is 1.94. The van der Waals surface area contributed by atoms with Crippen LogP contribution < -0.4 is 19.9 Å². The fourth-order valence-electron chi connectivity index (χ4n) is 1.87. The third kappa shape index (κ3) is 2.57. The highest BCUT2D eigenvalue weighted by Gasteiger charge is 2.20. The van der Waals surface area contributed by atoms with Gasteiger partial charge in [-0.05, 0) is 30.3 Å². The Labute approximate surface area is 120 Å². The quantitative estimate of drug-likeness (QED) is 0.845. The van der Waals surface area contributed by atoms with Crippen LogP contribution in [0.3, 0.4) is 0 Å². The van der Waals surface area contributed by atoms with Crippen molar-refractivity contribution in [3.05, 3.63) is 42.2 Å². The maximum absolute atomic E-state index is 13.1. The van der Waals surface area contributed by atoms with E-state index in [1.165, 1.54) is 30.3 Å². The Morgan fingerprint density at radius 2 is 1.86 bits per heavy atom. The van der Waals surface area contributed by atoms with Gasteiger partial charge in [-0.15, -0.1) is 0 Å². The van der Waals surface area contributed by atoms with Crippen LogP contribution >= 0.6 is 0 Å². The van der Waals surface area contributed by atoms with Crippen LogP contribution in [0.1, 0.15) is 0 Å². The molecular formula is C13H11FN2O4S. The van der Waals surface area contributed by atoms with E-state index in [1.54, 1.807) is 0 Å². The van der Waals surface area contributed by atoms with E-state index in [9.17, 15) is 12.8 Å². The maximum Gasteiger partial charge on any atom is 0.262 e. The van der Waals surface area contributed by atoms with Crippen molar-refractivity contribution in [2.24, 2.45) is 0 Å². The van der Waals surface area contributed by atoms with E-state index in [4.69, 9.17) is 15.2 Å². The van der Waals surface area contributed by atoms with Gasteiger partial charge in [0.15, 0.2) is 11.5 Å². The molecule has 0 aliphatic carbocycles. The van der Waals surface area contributed by atoms with E-state index < -0.39 is 15.8 Å². The number of ether oxygens (including phenoxy) is 2. The zero-order valence-corrected chi connectivity index (χ0v) is 11.5. The molecule has 0 radical (unpaired) electrons. The van der Waals surface area contributed by atoms with Gasteiger partial charge in [0, 0.05) is 6.07 Å². The van der Waals surface area contributed by atoms with Gasteiger partial charge in [-0.1, -0.05) is 0 Å². The van der Waals surface area contributed by atoms with Crippen LogP contribution in [-0.2, 0) is 10.0 Å². The molecule has 21 heavy (non-hydrogen) atoms. The van der Waals surface area contributed by atoms with Crippen LogP contribution in [0.4, 0.5) is 15.8 Å². The number of hydrogen-bond donors (Lipinski definition) is 2. The van der Waals surface area contributed by atoms with Crippen molar-refractivity contribution in [1.82, 2.24) is 0 Å². The van der Waals surface area contributed by atoms with E-state index >= 15 is 0 Å². The first-order valence-corrected chi connectivity index (χ1v) is 7.41. The summed E-state index contributed by atoms with van der Waals surface area (Å²) in [6.07, 6.45) is 0. The monoisotopic (exact) mass is 310 g/mol. The number of benzene rings is 2. The summed E-state index contributed by atoms with van der Waals surface area (Å²) < 4.78 is 50.2. The Morgan fingerprint density at radius 1 is 1.10 bits per heavy atom. The van der Waals surface area contributed by atoms with Gasteiger partial charge in [0.1, 0.15) is 5.82 Å². The SMILES string of the molecule is Nc1cc(NS(=O)(=O)c2ccc3c(c2)OCO3)ccc1F. The van der Waals surface area contributed by atoms with Crippen LogP contribution in [0.15, 0.2) is 41.3 Å². The molecule has 1 aliphatic rings. The molecular weight excluding hydrogens is 299 g/mol. The second kappa shape index (κ2) is 4.81. The highest BCUT2D eigenvalue weighted by Crippen LogP contribution is 2.34. The second-order valence-electron chi connectivity index (χ2n) is 4.36. The van der Waals surface area contributed by atoms with Crippen molar-refractivity contribution in [3.8, 4) is 11.5 Å². The maximum atomic E-state index is 13.1. The molecule has 1 aliphatic heterocycles. The van der Waals surface area contributed by atoms with Gasteiger partial charge in [0.2, 0.25) is 6.79 Å². The van der Waals surface area contributed by atoms with Crippen molar-refractivity contribution in [3.63, 3.8) is 0 Å².